The standard InChI is InChI=1S/C12H23N3O3/c1-7(2)9(6-16)15-10(17)5-14-12(18)11(13)8(3)4/h6-9,11H,5,13H2,1-4H3,(H,14,18)(H,15,17)/t9-,11+/m1/s1. The van der Waals surface area contributed by atoms with Crippen LogP contribution in [0.1, 0.15) is 27.7 Å². The summed E-state index contributed by atoms with van der Waals surface area (Å²) in [5.41, 5.74) is 5.62. The molecule has 0 spiro atoms. The molecule has 2 amide bonds. The molecule has 0 heterocycles. The molecule has 0 saturated heterocycles. The van der Waals surface area contributed by atoms with Gasteiger partial charge in [0.15, 0.2) is 0 Å². The minimum atomic E-state index is -0.634. The molecule has 0 radical (unpaired) electrons. The molecule has 0 aromatic rings. The molecule has 2 atom stereocenters. The van der Waals surface area contributed by atoms with Crippen LogP contribution in [-0.4, -0.2) is 36.7 Å². The molecule has 4 N–H and O–H groups in total. The van der Waals surface area contributed by atoms with Gasteiger partial charge in [-0.1, -0.05) is 27.7 Å². The van der Waals surface area contributed by atoms with Crippen LogP contribution in [0.2, 0.25) is 0 Å². The second-order valence-corrected chi connectivity index (χ2v) is 4.96. The fourth-order valence-corrected chi connectivity index (χ4v) is 1.18. The van der Waals surface area contributed by atoms with E-state index in [0.29, 0.717) is 6.29 Å². The maximum atomic E-state index is 11.5. The summed E-state index contributed by atoms with van der Waals surface area (Å²) in [5, 5.41) is 4.97. The first-order valence-electron chi connectivity index (χ1n) is 6.07. The summed E-state index contributed by atoms with van der Waals surface area (Å²) in [6.45, 7) is 7.13. The maximum Gasteiger partial charge on any atom is 0.239 e. The largest absolute Gasteiger partial charge is 0.346 e. The molecule has 0 unspecified atom stereocenters. The van der Waals surface area contributed by atoms with Gasteiger partial charge < -0.3 is 21.2 Å². The molecule has 104 valence electrons. The third-order valence-electron chi connectivity index (χ3n) is 2.64. The smallest absolute Gasteiger partial charge is 0.239 e. The van der Waals surface area contributed by atoms with Crippen LogP contribution in [-0.2, 0) is 14.4 Å². The average Bonchev–Trinajstić information content (AvgIpc) is 2.31. The Hall–Kier alpha value is -1.43. The molecule has 18 heavy (non-hydrogen) atoms. The minimum absolute atomic E-state index is 0.00597. The highest BCUT2D eigenvalue weighted by molar-refractivity contribution is 5.88. The summed E-state index contributed by atoms with van der Waals surface area (Å²) in [7, 11) is 0. The summed E-state index contributed by atoms with van der Waals surface area (Å²) in [4.78, 5) is 33.7. The molecule has 0 aliphatic carbocycles. The number of rotatable bonds is 7. The number of amides is 2. The van der Waals surface area contributed by atoms with Crippen LogP contribution in [0.5, 0.6) is 0 Å². The van der Waals surface area contributed by atoms with E-state index in [0.717, 1.165) is 0 Å². The van der Waals surface area contributed by atoms with Crippen LogP contribution in [0.4, 0.5) is 0 Å². The lowest BCUT2D eigenvalue weighted by Crippen LogP contribution is -2.49. The third kappa shape index (κ3) is 5.77. The van der Waals surface area contributed by atoms with Crippen LogP contribution in [0, 0.1) is 11.8 Å². The molecule has 0 bridgehead atoms. The maximum absolute atomic E-state index is 11.5. The summed E-state index contributed by atoms with van der Waals surface area (Å²) >= 11 is 0. The number of nitrogens with two attached hydrogens (primary N) is 1. The van der Waals surface area contributed by atoms with E-state index in [1.165, 1.54) is 0 Å². The molecular formula is C12H23N3O3. The molecule has 6 nitrogen and oxygen atoms in total. The Kier molecular flexibility index (Phi) is 7.19. The summed E-state index contributed by atoms with van der Waals surface area (Å²) in [6.07, 6.45) is 0.685. The zero-order chi connectivity index (χ0) is 14.3. The van der Waals surface area contributed by atoms with Crippen molar-refractivity contribution in [3.8, 4) is 0 Å². The van der Waals surface area contributed by atoms with Crippen LogP contribution in [0.25, 0.3) is 0 Å². The van der Waals surface area contributed by atoms with Crippen LogP contribution < -0.4 is 16.4 Å². The monoisotopic (exact) mass is 257 g/mol. The van der Waals surface area contributed by atoms with Gasteiger partial charge in [-0.25, -0.2) is 0 Å². The highest BCUT2D eigenvalue weighted by atomic mass is 16.2. The van der Waals surface area contributed by atoms with Crippen molar-refractivity contribution in [1.82, 2.24) is 10.6 Å². The zero-order valence-electron chi connectivity index (χ0n) is 11.4. The van der Waals surface area contributed by atoms with Gasteiger partial charge in [-0.3, -0.25) is 9.59 Å². The van der Waals surface area contributed by atoms with E-state index < -0.39 is 18.0 Å². The third-order valence-corrected chi connectivity index (χ3v) is 2.64. The Bertz CT molecular complexity index is 303. The normalized spacial score (nSPS) is 14.2. The second-order valence-electron chi connectivity index (χ2n) is 4.96. The molecule has 0 aromatic heterocycles. The van der Waals surface area contributed by atoms with Crippen molar-refractivity contribution in [2.24, 2.45) is 17.6 Å². The van der Waals surface area contributed by atoms with Gasteiger partial charge in [0.2, 0.25) is 11.8 Å². The topological polar surface area (TPSA) is 101 Å². The van der Waals surface area contributed by atoms with Crippen molar-refractivity contribution < 1.29 is 14.4 Å². The summed E-state index contributed by atoms with van der Waals surface area (Å²) < 4.78 is 0. The molecule has 0 aliphatic rings. The predicted molar refractivity (Wildman–Crippen MR) is 68.7 cm³/mol. The van der Waals surface area contributed by atoms with Gasteiger partial charge in [-0.2, -0.15) is 0 Å². The van der Waals surface area contributed by atoms with Crippen LogP contribution in [0.15, 0.2) is 0 Å². The predicted octanol–water partition coefficient (Wildman–Crippen LogP) is -0.574. The van der Waals surface area contributed by atoms with E-state index in [2.05, 4.69) is 10.6 Å². The van der Waals surface area contributed by atoms with Crippen molar-refractivity contribution in [2.45, 2.75) is 39.8 Å². The lowest BCUT2D eigenvalue weighted by atomic mass is 10.1. The number of nitrogens with one attached hydrogen (secondary N) is 2. The molecular weight excluding hydrogens is 234 g/mol. The van der Waals surface area contributed by atoms with Crippen molar-refractivity contribution in [3.05, 3.63) is 0 Å². The Labute approximate surface area is 108 Å². The van der Waals surface area contributed by atoms with Gasteiger partial charge in [-0.05, 0) is 11.8 Å². The average molecular weight is 257 g/mol. The van der Waals surface area contributed by atoms with Gasteiger partial charge >= 0.3 is 0 Å². The fraction of sp³-hybridized carbons (Fsp3) is 0.750. The molecule has 0 saturated carbocycles. The number of carbonyl (C=O) groups excluding carboxylic acids is 3. The van der Waals surface area contributed by atoms with Crippen LogP contribution in [0.3, 0.4) is 0 Å². The number of aldehydes is 1. The van der Waals surface area contributed by atoms with E-state index >= 15 is 0 Å². The Morgan fingerprint density at radius 2 is 1.72 bits per heavy atom. The van der Waals surface area contributed by atoms with E-state index in [9.17, 15) is 14.4 Å². The molecule has 0 fully saturated rings. The van der Waals surface area contributed by atoms with Crippen molar-refractivity contribution in [2.75, 3.05) is 6.54 Å². The Morgan fingerprint density at radius 1 is 1.17 bits per heavy atom. The first kappa shape index (κ1) is 16.6. The lowest BCUT2D eigenvalue weighted by Gasteiger charge is -2.18. The Morgan fingerprint density at radius 3 is 2.11 bits per heavy atom. The van der Waals surface area contributed by atoms with Crippen molar-refractivity contribution in [1.29, 1.82) is 0 Å². The summed E-state index contributed by atoms with van der Waals surface area (Å²) in [5.74, 6) is -0.746. The Balaban J connectivity index is 4.11. The number of hydrogen-bond acceptors (Lipinski definition) is 4. The number of hydrogen-bond donors (Lipinski definition) is 3. The zero-order valence-corrected chi connectivity index (χ0v) is 11.4. The molecule has 0 rings (SSSR count). The van der Waals surface area contributed by atoms with Crippen molar-refractivity contribution in [3.63, 3.8) is 0 Å². The first-order valence-corrected chi connectivity index (χ1v) is 6.07. The van der Waals surface area contributed by atoms with E-state index in [1.54, 1.807) is 0 Å². The van der Waals surface area contributed by atoms with Gasteiger partial charge in [-0.15, -0.1) is 0 Å². The fourth-order valence-electron chi connectivity index (χ4n) is 1.18. The SMILES string of the molecule is CC(C)[C@H](N)C(=O)NCC(=O)N[C@H](C=O)C(C)C. The van der Waals surface area contributed by atoms with E-state index in [4.69, 9.17) is 5.73 Å². The van der Waals surface area contributed by atoms with Gasteiger partial charge in [0, 0.05) is 0 Å². The van der Waals surface area contributed by atoms with Crippen LogP contribution >= 0.6 is 0 Å². The minimum Gasteiger partial charge on any atom is -0.346 e. The highest BCUT2D eigenvalue weighted by Crippen LogP contribution is 1.98. The summed E-state index contributed by atoms with van der Waals surface area (Å²) in [6, 6.07) is -1.17. The first-order chi connectivity index (χ1) is 8.29. The quantitative estimate of drug-likeness (QED) is 0.531. The lowest BCUT2D eigenvalue weighted by molar-refractivity contribution is -0.128. The van der Waals surface area contributed by atoms with Gasteiger partial charge in [0.1, 0.15) is 6.29 Å². The second kappa shape index (κ2) is 7.81. The van der Waals surface area contributed by atoms with Gasteiger partial charge in [0.05, 0.1) is 18.6 Å². The van der Waals surface area contributed by atoms with Gasteiger partial charge in [0.25, 0.3) is 0 Å². The number of carbonyl (C=O) groups is 3. The van der Waals surface area contributed by atoms with Crippen molar-refractivity contribution >= 4 is 18.1 Å². The molecule has 0 aromatic carbocycles. The molecule has 6 heteroatoms. The van der Waals surface area contributed by atoms with E-state index in [1.807, 2.05) is 27.7 Å². The highest BCUT2D eigenvalue weighted by Gasteiger charge is 2.19. The molecule has 0 aliphatic heterocycles. The van der Waals surface area contributed by atoms with E-state index in [-0.39, 0.29) is 24.3 Å².